The predicted molar refractivity (Wildman–Crippen MR) is 183 cm³/mol. The maximum Gasteiger partial charge on any atom is 0.438 e. The van der Waals surface area contributed by atoms with E-state index in [1.54, 1.807) is 23.2 Å². The van der Waals surface area contributed by atoms with Gasteiger partial charge in [-0.3, -0.25) is 14.7 Å². The molecule has 0 bridgehead atoms. The van der Waals surface area contributed by atoms with E-state index < -0.39 is 24.4 Å². The van der Waals surface area contributed by atoms with Crippen LogP contribution in [0.1, 0.15) is 135 Å². The van der Waals surface area contributed by atoms with Crippen LogP contribution in [0.3, 0.4) is 0 Å². The highest BCUT2D eigenvalue weighted by Gasteiger charge is 2.37. The Hall–Kier alpha value is -2.92. The highest BCUT2D eigenvalue weighted by molar-refractivity contribution is 5.82. The minimum atomic E-state index is -1.30. The molecule has 0 radical (unpaired) electrons. The number of nitrogens with one attached hydrogen (secondary N) is 2. The number of pyridine rings is 1. The number of likely N-dealkylation sites (tertiary alicyclic amines) is 1. The Morgan fingerprint density at radius 3 is 2.09 bits per heavy atom. The van der Waals surface area contributed by atoms with Crippen LogP contribution in [-0.2, 0) is 30.6 Å². The summed E-state index contributed by atoms with van der Waals surface area (Å²) in [5.74, 6) is -0.372. The van der Waals surface area contributed by atoms with Gasteiger partial charge >= 0.3 is 12.2 Å². The van der Waals surface area contributed by atoms with Crippen LogP contribution in [0, 0.1) is 0 Å². The number of methoxy groups -OCH3 is 1. The van der Waals surface area contributed by atoms with Crippen LogP contribution in [0.4, 0.5) is 9.59 Å². The van der Waals surface area contributed by atoms with Gasteiger partial charge in [-0.05, 0) is 44.2 Å². The number of unbranched alkanes of at least 4 members (excludes halogenated alkanes) is 11. The highest BCUT2D eigenvalue weighted by atomic mass is 17.2. The van der Waals surface area contributed by atoms with E-state index in [1.165, 1.54) is 71.3 Å². The first-order chi connectivity index (χ1) is 23.0. The summed E-state index contributed by atoms with van der Waals surface area (Å²) >= 11 is 0. The first-order valence-electron chi connectivity index (χ1n) is 18.2. The van der Waals surface area contributed by atoms with Crippen molar-refractivity contribution in [3.05, 3.63) is 30.1 Å². The largest absolute Gasteiger partial charge is 0.447 e. The van der Waals surface area contributed by atoms with E-state index in [0.29, 0.717) is 18.8 Å². The van der Waals surface area contributed by atoms with Gasteiger partial charge in [-0.25, -0.2) is 9.59 Å². The van der Waals surface area contributed by atoms with Crippen LogP contribution < -0.4 is 10.6 Å². The Kier molecular flexibility index (Phi) is 22.3. The van der Waals surface area contributed by atoms with Crippen molar-refractivity contribution in [1.29, 1.82) is 0 Å². The molecule has 2 heterocycles. The Morgan fingerprint density at radius 1 is 0.830 bits per heavy atom. The van der Waals surface area contributed by atoms with Gasteiger partial charge < -0.3 is 25.0 Å². The molecule has 3 unspecified atom stereocenters. The van der Waals surface area contributed by atoms with E-state index in [0.717, 1.165) is 51.4 Å². The van der Waals surface area contributed by atoms with E-state index in [-0.39, 0.29) is 25.1 Å². The fraction of sp³-hybridized carbons (Fsp3) is 0.778. The zero-order valence-corrected chi connectivity index (χ0v) is 29.3. The highest BCUT2D eigenvalue weighted by Crippen LogP contribution is 2.17. The summed E-state index contributed by atoms with van der Waals surface area (Å²) in [5.41, 5.74) is 0.675. The van der Waals surface area contributed by atoms with Gasteiger partial charge in [-0.15, -0.1) is 0 Å². The lowest BCUT2D eigenvalue weighted by atomic mass is 10.0. The van der Waals surface area contributed by atoms with Crippen molar-refractivity contribution in [2.45, 2.75) is 154 Å². The molecular formula is C36H62N4O7. The van der Waals surface area contributed by atoms with Crippen molar-refractivity contribution in [2.24, 2.45) is 0 Å². The van der Waals surface area contributed by atoms with E-state index in [4.69, 9.17) is 19.2 Å². The van der Waals surface area contributed by atoms with Gasteiger partial charge in [0.05, 0.1) is 12.2 Å². The number of rotatable bonds is 25. The molecule has 1 fully saturated rings. The zero-order chi connectivity index (χ0) is 34.0. The normalized spacial score (nSPS) is 15.0. The number of carbonyl (C=O) groups is 3. The fourth-order valence-corrected chi connectivity index (χ4v) is 5.86. The van der Waals surface area contributed by atoms with Crippen LogP contribution in [0.15, 0.2) is 24.4 Å². The Morgan fingerprint density at radius 2 is 1.49 bits per heavy atom. The smallest absolute Gasteiger partial charge is 0.438 e. The van der Waals surface area contributed by atoms with Gasteiger partial charge in [0.25, 0.3) is 5.91 Å². The summed E-state index contributed by atoms with van der Waals surface area (Å²) in [6, 6.07) is 5.35. The quantitative estimate of drug-likeness (QED) is 0.0622. The minimum Gasteiger partial charge on any atom is -0.447 e. The molecule has 3 amide bonds. The Bertz CT molecular complexity index is 962. The molecule has 0 aliphatic carbocycles. The molecule has 2 rings (SSSR count). The number of piperidine rings is 1. The van der Waals surface area contributed by atoms with Crippen molar-refractivity contribution < 1.29 is 33.6 Å². The summed E-state index contributed by atoms with van der Waals surface area (Å²) in [5, 5.41) is 5.54. The summed E-state index contributed by atoms with van der Waals surface area (Å²) in [4.78, 5) is 55.1. The third-order valence-corrected chi connectivity index (χ3v) is 8.66. The number of hydrogen-bond acceptors (Lipinski definition) is 8. The summed E-state index contributed by atoms with van der Waals surface area (Å²) in [6.45, 7) is 5.39. The van der Waals surface area contributed by atoms with Crippen molar-refractivity contribution in [3.63, 3.8) is 0 Å². The lowest BCUT2D eigenvalue weighted by Gasteiger charge is -2.32. The van der Waals surface area contributed by atoms with Crippen molar-refractivity contribution in [2.75, 3.05) is 26.8 Å². The van der Waals surface area contributed by atoms with E-state index in [1.807, 2.05) is 6.07 Å². The second-order valence-electron chi connectivity index (χ2n) is 12.6. The summed E-state index contributed by atoms with van der Waals surface area (Å²) < 4.78 is 10.9. The molecule has 2 N–H and O–H groups in total. The first-order valence-corrected chi connectivity index (χ1v) is 18.2. The van der Waals surface area contributed by atoms with Gasteiger partial charge in [0, 0.05) is 32.4 Å². The zero-order valence-electron chi connectivity index (χ0n) is 29.3. The van der Waals surface area contributed by atoms with Crippen LogP contribution in [0.2, 0.25) is 0 Å². The lowest BCUT2D eigenvalue weighted by molar-refractivity contribution is -0.289. The molecule has 0 aromatic carbocycles. The Labute approximate surface area is 283 Å². The van der Waals surface area contributed by atoms with Crippen LogP contribution in [0.25, 0.3) is 0 Å². The molecule has 1 aliphatic rings. The van der Waals surface area contributed by atoms with E-state index in [2.05, 4.69) is 29.5 Å². The minimum absolute atomic E-state index is 0.0418. The second kappa shape index (κ2) is 26.1. The van der Waals surface area contributed by atoms with Gasteiger partial charge in [0.15, 0.2) is 0 Å². The van der Waals surface area contributed by atoms with Crippen LogP contribution in [0.5, 0.6) is 0 Å². The number of nitrogens with zero attached hydrogens (tertiary/aromatic N) is 2. The van der Waals surface area contributed by atoms with E-state index >= 15 is 0 Å². The molecule has 0 saturated carbocycles. The van der Waals surface area contributed by atoms with Crippen LogP contribution >= 0.6 is 0 Å². The van der Waals surface area contributed by atoms with Gasteiger partial charge in [0.2, 0.25) is 6.10 Å². The van der Waals surface area contributed by atoms with Gasteiger partial charge in [-0.1, -0.05) is 103 Å². The summed E-state index contributed by atoms with van der Waals surface area (Å²) in [6.07, 6.45) is 18.7. The van der Waals surface area contributed by atoms with Gasteiger partial charge in [-0.2, -0.15) is 4.89 Å². The predicted octanol–water partition coefficient (Wildman–Crippen LogP) is 7.62. The van der Waals surface area contributed by atoms with Crippen molar-refractivity contribution in [1.82, 2.24) is 20.5 Å². The molecule has 1 saturated heterocycles. The molecule has 1 aromatic heterocycles. The average molecular weight is 663 g/mol. The molecule has 11 nitrogen and oxygen atoms in total. The topological polar surface area (TPSA) is 128 Å². The van der Waals surface area contributed by atoms with Gasteiger partial charge in [0.1, 0.15) is 12.7 Å². The third-order valence-electron chi connectivity index (χ3n) is 8.66. The molecule has 3 atom stereocenters. The standard InChI is InChI=1S/C36H62N4O7/c1-4-6-7-8-9-10-11-12-13-14-15-17-23-30(22-5-2)39-36(43)47-46-33(34(41)40-26-20-16-21-27-40)32(44-3)29-45-35(42)38-28-31-24-18-19-25-37-31/h18-19,24-25,30,32-33H,4-17,20-23,26-29H2,1-3H3,(H,38,42)(H,39,43). The number of alkyl carbamates (subject to hydrolysis) is 1. The van der Waals surface area contributed by atoms with Crippen molar-refractivity contribution in [3.8, 4) is 0 Å². The maximum absolute atomic E-state index is 13.5. The maximum atomic E-state index is 13.5. The van der Waals surface area contributed by atoms with Crippen LogP contribution in [-0.4, -0.2) is 73.0 Å². The average Bonchev–Trinajstić information content (AvgIpc) is 3.09. The molecule has 1 aromatic rings. The number of carbonyl (C=O) groups excluding carboxylic acids is 3. The van der Waals surface area contributed by atoms with E-state index in [9.17, 15) is 14.4 Å². The monoisotopic (exact) mass is 662 g/mol. The molecule has 0 spiro atoms. The van der Waals surface area contributed by atoms with Crippen molar-refractivity contribution >= 4 is 18.1 Å². The number of aromatic nitrogens is 1. The first kappa shape index (κ1) is 40.3. The molecule has 268 valence electrons. The number of ether oxygens (including phenoxy) is 2. The molecule has 47 heavy (non-hydrogen) atoms. The molecule has 11 heteroatoms. The number of amides is 3. The molecule has 1 aliphatic heterocycles. The summed E-state index contributed by atoms with van der Waals surface area (Å²) in [7, 11) is 1.39. The number of hydrogen-bond donors (Lipinski definition) is 2. The SMILES string of the molecule is CCCCCCCCCCCCCCC(CCC)NC(=O)OOC(C(=O)N1CCCCC1)C(COC(=O)NCc1ccccn1)OC. The molecular weight excluding hydrogens is 600 g/mol. The second-order valence-corrected chi connectivity index (χ2v) is 12.6. The fourth-order valence-electron chi connectivity index (χ4n) is 5.86. The third kappa shape index (κ3) is 18.3. The lowest BCUT2D eigenvalue weighted by Crippen LogP contribution is -2.51. The Balaban J connectivity index is 1.79.